The zero-order valence-electron chi connectivity index (χ0n) is 13.1. The second-order valence-corrected chi connectivity index (χ2v) is 7.54. The Morgan fingerprint density at radius 2 is 1.62 bits per heavy atom. The second-order valence-electron chi connectivity index (χ2n) is 5.17. The Labute approximate surface area is 138 Å². The number of benzene rings is 2. The first kappa shape index (κ1) is 16.5. The summed E-state index contributed by atoms with van der Waals surface area (Å²) in [6.45, 7) is 0. The van der Waals surface area contributed by atoms with Gasteiger partial charge in [0.25, 0.3) is 5.69 Å². The molecule has 0 spiro atoms. The van der Waals surface area contributed by atoms with Gasteiger partial charge in [0.15, 0.2) is 0 Å². The molecule has 3 rings (SSSR count). The number of hydrogen-bond donors (Lipinski definition) is 0. The van der Waals surface area contributed by atoms with Crippen molar-refractivity contribution in [2.45, 2.75) is 5.28 Å². The van der Waals surface area contributed by atoms with E-state index in [0.717, 1.165) is 5.56 Å². The maximum Gasteiger partial charge on any atom is 0.368 e. The largest absolute Gasteiger partial charge is 0.368 e. The van der Waals surface area contributed by atoms with Crippen molar-refractivity contribution in [1.82, 2.24) is 0 Å². The van der Waals surface area contributed by atoms with E-state index < -0.39 is 17.8 Å². The van der Waals surface area contributed by atoms with Crippen LogP contribution in [-0.4, -0.2) is 24.9 Å². The van der Waals surface area contributed by atoms with E-state index >= 15 is 0 Å². The van der Waals surface area contributed by atoms with Crippen molar-refractivity contribution >= 4 is 19.0 Å². The first-order valence-corrected chi connectivity index (χ1v) is 8.65. The van der Waals surface area contributed by atoms with Gasteiger partial charge >= 0.3 is 7.60 Å². The van der Waals surface area contributed by atoms with Crippen LogP contribution in [0.4, 0.5) is 5.69 Å². The number of rotatable bonds is 6. The van der Waals surface area contributed by atoms with E-state index in [0.29, 0.717) is 11.3 Å². The van der Waals surface area contributed by atoms with Gasteiger partial charge in [0, 0.05) is 26.4 Å². The van der Waals surface area contributed by atoms with Crippen LogP contribution in [0.15, 0.2) is 59.6 Å². The Hall–Kier alpha value is -2.34. The second kappa shape index (κ2) is 5.94. The summed E-state index contributed by atoms with van der Waals surface area (Å²) in [4.78, 5) is 14.8. The fourth-order valence-electron chi connectivity index (χ4n) is 2.70. The molecule has 0 radical (unpaired) electrons. The maximum absolute atomic E-state index is 13.1. The molecule has 0 N–H and O–H groups in total. The third-order valence-electron chi connectivity index (χ3n) is 3.96. The maximum atomic E-state index is 13.1. The Balaban J connectivity index is 2.09. The average Bonchev–Trinajstić information content (AvgIpc) is 3.39. The number of nitro benzene ring substituents is 1. The number of hydrogen-bond acceptors (Lipinski definition) is 6. The molecule has 0 bridgehead atoms. The predicted molar refractivity (Wildman–Crippen MR) is 89.4 cm³/mol. The lowest BCUT2D eigenvalue weighted by Gasteiger charge is -2.24. The molecule has 1 heterocycles. The summed E-state index contributed by atoms with van der Waals surface area (Å²) >= 11 is 0. The summed E-state index contributed by atoms with van der Waals surface area (Å²) in [5.74, 6) is 0. The highest BCUT2D eigenvalue weighted by Crippen LogP contribution is 2.72. The van der Waals surface area contributed by atoms with Crippen LogP contribution >= 0.6 is 7.60 Å². The van der Waals surface area contributed by atoms with E-state index in [1.807, 2.05) is 30.3 Å². The molecule has 0 amide bonds. The topological polar surface area (TPSA) is 91.0 Å². The lowest BCUT2D eigenvalue weighted by Crippen LogP contribution is -2.20. The highest BCUT2D eigenvalue weighted by molar-refractivity contribution is 7.57. The molecule has 124 valence electrons. The number of nitro groups is 1. The van der Waals surface area contributed by atoms with Gasteiger partial charge in [-0.25, -0.2) is 0 Å². The number of non-ortho nitro benzene ring substituents is 1. The summed E-state index contributed by atoms with van der Waals surface area (Å²) in [5, 5.41) is 9.57. The van der Waals surface area contributed by atoms with Crippen LogP contribution in [0.25, 0.3) is 0 Å². The fraction of sp³-hybridized carbons (Fsp3) is 0.188. The molecule has 8 heteroatoms. The molecule has 24 heavy (non-hydrogen) atoms. The molecule has 1 aliphatic heterocycles. The molecule has 0 fully saturated rings. The highest BCUT2D eigenvalue weighted by Gasteiger charge is 2.64. The van der Waals surface area contributed by atoms with E-state index in [4.69, 9.17) is 9.05 Å². The monoisotopic (exact) mass is 346 g/mol. The Morgan fingerprint density at radius 1 is 1.04 bits per heavy atom. The Bertz CT molecular complexity index is 843. The first-order chi connectivity index (χ1) is 11.5. The minimum atomic E-state index is -3.63. The normalized spacial score (nSPS) is 19.7. The van der Waals surface area contributed by atoms with Gasteiger partial charge in [0.05, 0.1) is 10.6 Å². The summed E-state index contributed by atoms with van der Waals surface area (Å²) in [5.41, 5.74) is 1.84. The lowest BCUT2D eigenvalue weighted by molar-refractivity contribution is -0.384. The van der Waals surface area contributed by atoms with Gasteiger partial charge in [-0.2, -0.15) is 0 Å². The standard InChI is InChI=1S/C16H15N2O5P/c1-22-24(21,23-2)16(13-8-10-14(11-9-13)18(19)20)15(17-16)12-6-4-3-5-7-12/h3-11H,1-2H3. The first-order valence-electron chi connectivity index (χ1n) is 7.11. The van der Waals surface area contributed by atoms with E-state index in [1.54, 1.807) is 0 Å². The molecule has 2 aromatic rings. The molecule has 2 aromatic carbocycles. The molecular formula is C16H15N2O5P. The Morgan fingerprint density at radius 3 is 2.12 bits per heavy atom. The summed E-state index contributed by atoms with van der Waals surface area (Å²) in [6.07, 6.45) is 0. The predicted octanol–water partition coefficient (Wildman–Crippen LogP) is 3.74. The van der Waals surface area contributed by atoms with Gasteiger partial charge in [-0.1, -0.05) is 30.3 Å². The molecule has 0 saturated carbocycles. The SMILES string of the molecule is COP(=O)(OC)C1(c2ccc([N+](=O)[O-])cc2)N=C1c1ccccc1. The summed E-state index contributed by atoms with van der Waals surface area (Å²) < 4.78 is 23.5. The van der Waals surface area contributed by atoms with Crippen LogP contribution in [0.3, 0.4) is 0 Å². The van der Waals surface area contributed by atoms with Crippen molar-refractivity contribution in [2.75, 3.05) is 14.2 Å². The lowest BCUT2D eigenvalue weighted by atomic mass is 10.0. The van der Waals surface area contributed by atoms with Crippen LogP contribution in [-0.2, 0) is 18.9 Å². The van der Waals surface area contributed by atoms with Gasteiger partial charge in [-0.05, 0) is 23.3 Å². The van der Waals surface area contributed by atoms with E-state index in [2.05, 4.69) is 4.99 Å². The van der Waals surface area contributed by atoms with Crippen LogP contribution in [0.1, 0.15) is 11.1 Å². The molecule has 0 aromatic heterocycles. The fourth-order valence-corrected chi connectivity index (χ4v) is 4.45. The van der Waals surface area contributed by atoms with Crippen LogP contribution in [0, 0.1) is 10.1 Å². The van der Waals surface area contributed by atoms with Crippen molar-refractivity contribution in [2.24, 2.45) is 4.99 Å². The van der Waals surface area contributed by atoms with Gasteiger partial charge in [-0.15, -0.1) is 0 Å². The van der Waals surface area contributed by atoms with Gasteiger partial charge < -0.3 is 9.05 Å². The molecule has 1 unspecified atom stereocenters. The average molecular weight is 346 g/mol. The van der Waals surface area contributed by atoms with Gasteiger partial charge in [0.1, 0.15) is 0 Å². The van der Waals surface area contributed by atoms with E-state index in [1.165, 1.54) is 38.5 Å². The van der Waals surface area contributed by atoms with E-state index in [-0.39, 0.29) is 5.69 Å². The minimum Gasteiger partial charge on any atom is -0.310 e. The third-order valence-corrected chi connectivity index (χ3v) is 6.28. The molecular weight excluding hydrogens is 331 g/mol. The van der Waals surface area contributed by atoms with Crippen molar-refractivity contribution in [3.63, 3.8) is 0 Å². The van der Waals surface area contributed by atoms with Crippen molar-refractivity contribution in [1.29, 1.82) is 0 Å². The molecule has 7 nitrogen and oxygen atoms in total. The van der Waals surface area contributed by atoms with Gasteiger partial charge in [0.2, 0.25) is 5.28 Å². The number of aliphatic imine (C=N–C) groups is 1. The van der Waals surface area contributed by atoms with Crippen LogP contribution in [0.2, 0.25) is 0 Å². The summed E-state index contributed by atoms with van der Waals surface area (Å²) in [7, 11) is -1.03. The van der Waals surface area contributed by atoms with Gasteiger partial charge in [-0.3, -0.25) is 19.7 Å². The van der Waals surface area contributed by atoms with Crippen molar-refractivity contribution < 1.29 is 18.5 Å². The number of nitrogens with zero attached hydrogens (tertiary/aromatic N) is 2. The van der Waals surface area contributed by atoms with Crippen molar-refractivity contribution in [3.8, 4) is 0 Å². The van der Waals surface area contributed by atoms with Crippen molar-refractivity contribution in [3.05, 3.63) is 75.8 Å². The summed E-state index contributed by atoms with van der Waals surface area (Å²) in [6, 6.07) is 15.0. The molecule has 1 atom stereocenters. The molecule has 0 saturated heterocycles. The minimum absolute atomic E-state index is 0.0551. The molecule has 0 aliphatic carbocycles. The zero-order valence-corrected chi connectivity index (χ0v) is 14.0. The third kappa shape index (κ3) is 2.38. The zero-order chi connectivity index (χ0) is 17.4. The highest BCUT2D eigenvalue weighted by atomic mass is 31.2. The smallest absolute Gasteiger partial charge is 0.310 e. The quantitative estimate of drug-likeness (QED) is 0.451. The van der Waals surface area contributed by atoms with Crippen LogP contribution in [0.5, 0.6) is 0 Å². The van der Waals surface area contributed by atoms with E-state index in [9.17, 15) is 14.7 Å². The van der Waals surface area contributed by atoms with Crippen LogP contribution < -0.4 is 0 Å². The Kier molecular flexibility index (Phi) is 4.09. The molecule has 1 aliphatic rings.